The lowest BCUT2D eigenvalue weighted by Gasteiger charge is -2.20. The van der Waals surface area contributed by atoms with E-state index in [1.165, 1.54) is 0 Å². The van der Waals surface area contributed by atoms with E-state index in [2.05, 4.69) is 15.4 Å². The summed E-state index contributed by atoms with van der Waals surface area (Å²) < 4.78 is 5.15. The van der Waals surface area contributed by atoms with Gasteiger partial charge in [-0.05, 0) is 6.92 Å². The van der Waals surface area contributed by atoms with Crippen molar-refractivity contribution in [1.29, 1.82) is 0 Å². The molecule has 1 aromatic rings. The third-order valence-corrected chi connectivity index (χ3v) is 1.92. The van der Waals surface area contributed by atoms with E-state index in [-0.39, 0.29) is 12.1 Å². The minimum Gasteiger partial charge on any atom is -0.380 e. The number of hydrazine groups is 1. The van der Waals surface area contributed by atoms with Gasteiger partial charge in [-0.2, -0.15) is 0 Å². The fourth-order valence-electron chi connectivity index (χ4n) is 1.07. The third-order valence-electron chi connectivity index (χ3n) is 1.92. The lowest BCUT2D eigenvalue weighted by atomic mass is 10.1. The van der Waals surface area contributed by atoms with Crippen LogP contribution in [0.2, 0.25) is 0 Å². The summed E-state index contributed by atoms with van der Waals surface area (Å²) in [5.41, 5.74) is 3.42. The third kappa shape index (κ3) is 2.45. The maximum absolute atomic E-state index is 5.38. The Balaban J connectivity index is 2.78. The Morgan fingerprint density at radius 2 is 2.31 bits per heavy atom. The first-order valence-corrected chi connectivity index (χ1v) is 4.04. The smallest absolute Gasteiger partial charge is 0.0906 e. The van der Waals surface area contributed by atoms with Crippen LogP contribution in [-0.2, 0) is 4.74 Å². The zero-order valence-corrected chi connectivity index (χ0v) is 7.77. The molecule has 0 aliphatic heterocycles. The molecule has 13 heavy (non-hydrogen) atoms. The van der Waals surface area contributed by atoms with E-state index >= 15 is 0 Å². The molecule has 5 nitrogen and oxygen atoms in total. The van der Waals surface area contributed by atoms with Crippen LogP contribution in [0.1, 0.15) is 18.7 Å². The topological polar surface area (TPSA) is 73.1 Å². The maximum atomic E-state index is 5.38. The van der Waals surface area contributed by atoms with Crippen molar-refractivity contribution in [2.45, 2.75) is 19.1 Å². The van der Waals surface area contributed by atoms with Crippen molar-refractivity contribution in [3.8, 4) is 0 Å². The molecule has 0 aliphatic carbocycles. The first-order chi connectivity index (χ1) is 6.29. The molecule has 0 fully saturated rings. The number of nitrogens with zero attached hydrogens (tertiary/aromatic N) is 2. The first kappa shape index (κ1) is 10.0. The van der Waals surface area contributed by atoms with Crippen molar-refractivity contribution >= 4 is 0 Å². The minimum absolute atomic E-state index is 0.0401. The SMILES string of the molecule is COC(C)C(NN)c1cnccn1. The van der Waals surface area contributed by atoms with Crippen molar-refractivity contribution in [1.82, 2.24) is 15.4 Å². The Hall–Kier alpha value is -1.04. The van der Waals surface area contributed by atoms with Crippen molar-refractivity contribution in [3.63, 3.8) is 0 Å². The highest BCUT2D eigenvalue weighted by molar-refractivity contribution is 5.03. The van der Waals surface area contributed by atoms with Crippen molar-refractivity contribution < 1.29 is 4.74 Å². The Bertz CT molecular complexity index is 241. The number of nitrogens with two attached hydrogens (primary N) is 1. The average molecular weight is 182 g/mol. The van der Waals surface area contributed by atoms with Gasteiger partial charge in [0, 0.05) is 19.5 Å². The van der Waals surface area contributed by atoms with E-state index in [0.717, 1.165) is 5.69 Å². The van der Waals surface area contributed by atoms with E-state index in [9.17, 15) is 0 Å². The fourth-order valence-corrected chi connectivity index (χ4v) is 1.07. The number of rotatable bonds is 4. The van der Waals surface area contributed by atoms with Crippen molar-refractivity contribution in [2.75, 3.05) is 7.11 Å². The van der Waals surface area contributed by atoms with Crippen molar-refractivity contribution in [3.05, 3.63) is 24.3 Å². The summed E-state index contributed by atoms with van der Waals surface area (Å²) >= 11 is 0. The monoisotopic (exact) mass is 182 g/mol. The van der Waals surface area contributed by atoms with Gasteiger partial charge in [0.05, 0.1) is 24.0 Å². The molecule has 1 heterocycles. The molecule has 72 valence electrons. The fraction of sp³-hybridized carbons (Fsp3) is 0.500. The van der Waals surface area contributed by atoms with E-state index in [1.807, 2.05) is 6.92 Å². The summed E-state index contributed by atoms with van der Waals surface area (Å²) in [6, 6.07) is -0.126. The van der Waals surface area contributed by atoms with E-state index in [4.69, 9.17) is 10.6 Å². The second-order valence-corrected chi connectivity index (χ2v) is 2.72. The van der Waals surface area contributed by atoms with Crippen LogP contribution in [0.3, 0.4) is 0 Å². The molecular weight excluding hydrogens is 168 g/mol. The summed E-state index contributed by atoms with van der Waals surface area (Å²) in [4.78, 5) is 8.09. The Kier molecular flexibility index (Phi) is 3.75. The van der Waals surface area contributed by atoms with Gasteiger partial charge in [-0.1, -0.05) is 0 Å². The van der Waals surface area contributed by atoms with E-state index < -0.39 is 0 Å². The summed E-state index contributed by atoms with van der Waals surface area (Å²) in [5, 5.41) is 0. The van der Waals surface area contributed by atoms with Crippen LogP contribution < -0.4 is 11.3 Å². The molecule has 0 saturated heterocycles. The number of hydrogen-bond donors (Lipinski definition) is 2. The van der Waals surface area contributed by atoms with Crippen LogP contribution >= 0.6 is 0 Å². The van der Waals surface area contributed by atoms with Crippen molar-refractivity contribution in [2.24, 2.45) is 5.84 Å². The van der Waals surface area contributed by atoms with Crippen LogP contribution in [0.5, 0.6) is 0 Å². The predicted octanol–water partition coefficient (Wildman–Crippen LogP) is 0.0159. The molecule has 0 saturated carbocycles. The molecule has 2 atom stereocenters. The molecule has 0 amide bonds. The lowest BCUT2D eigenvalue weighted by molar-refractivity contribution is 0.0816. The Morgan fingerprint density at radius 3 is 2.77 bits per heavy atom. The van der Waals surface area contributed by atoms with Crippen LogP contribution in [0, 0.1) is 0 Å². The standard InChI is InChI=1S/C8H14N4O/c1-6(13-2)8(12-9)7-5-10-3-4-11-7/h3-6,8,12H,9H2,1-2H3. The second-order valence-electron chi connectivity index (χ2n) is 2.72. The summed E-state index contributed by atoms with van der Waals surface area (Å²) in [6.45, 7) is 1.92. The zero-order chi connectivity index (χ0) is 9.68. The maximum Gasteiger partial charge on any atom is 0.0906 e. The molecule has 1 rings (SSSR count). The number of aromatic nitrogens is 2. The highest BCUT2D eigenvalue weighted by Gasteiger charge is 2.18. The lowest BCUT2D eigenvalue weighted by Crippen LogP contribution is -2.36. The molecule has 1 aromatic heterocycles. The molecule has 2 unspecified atom stereocenters. The minimum atomic E-state index is -0.126. The van der Waals surface area contributed by atoms with Gasteiger partial charge in [0.1, 0.15) is 0 Å². The molecule has 0 bridgehead atoms. The van der Waals surface area contributed by atoms with Gasteiger partial charge in [-0.15, -0.1) is 0 Å². The number of ether oxygens (including phenoxy) is 1. The molecule has 0 spiro atoms. The van der Waals surface area contributed by atoms with Crippen LogP contribution in [0.25, 0.3) is 0 Å². The molecule has 5 heteroatoms. The van der Waals surface area contributed by atoms with Gasteiger partial charge in [0.25, 0.3) is 0 Å². The molecule has 0 aliphatic rings. The van der Waals surface area contributed by atoms with Crippen LogP contribution in [0.4, 0.5) is 0 Å². The summed E-state index contributed by atoms with van der Waals surface area (Å²) in [5.74, 6) is 5.38. The Morgan fingerprint density at radius 1 is 1.54 bits per heavy atom. The quantitative estimate of drug-likeness (QED) is 0.507. The van der Waals surface area contributed by atoms with Crippen LogP contribution in [0.15, 0.2) is 18.6 Å². The second kappa shape index (κ2) is 4.86. The largest absolute Gasteiger partial charge is 0.380 e. The molecule has 0 aromatic carbocycles. The van der Waals surface area contributed by atoms with E-state index in [1.54, 1.807) is 25.7 Å². The van der Waals surface area contributed by atoms with Gasteiger partial charge in [-0.25, -0.2) is 5.43 Å². The van der Waals surface area contributed by atoms with Gasteiger partial charge in [0.2, 0.25) is 0 Å². The Labute approximate surface area is 77.3 Å². The van der Waals surface area contributed by atoms with Gasteiger partial charge in [-0.3, -0.25) is 15.8 Å². The van der Waals surface area contributed by atoms with E-state index in [0.29, 0.717) is 0 Å². The molecule has 0 radical (unpaired) electrons. The highest BCUT2D eigenvalue weighted by Crippen LogP contribution is 2.13. The highest BCUT2D eigenvalue weighted by atomic mass is 16.5. The van der Waals surface area contributed by atoms with Gasteiger partial charge in [0.15, 0.2) is 0 Å². The summed E-state index contributed by atoms with van der Waals surface area (Å²) in [6.07, 6.45) is 4.87. The summed E-state index contributed by atoms with van der Waals surface area (Å²) in [7, 11) is 1.63. The molecule has 3 N–H and O–H groups in total. The zero-order valence-electron chi connectivity index (χ0n) is 7.77. The van der Waals surface area contributed by atoms with Gasteiger partial charge >= 0.3 is 0 Å². The number of methoxy groups -OCH3 is 1. The van der Waals surface area contributed by atoms with Crippen LogP contribution in [-0.4, -0.2) is 23.2 Å². The first-order valence-electron chi connectivity index (χ1n) is 4.04. The average Bonchev–Trinajstić information content (AvgIpc) is 2.20. The normalized spacial score (nSPS) is 15.3. The molecular formula is C8H14N4O. The number of nitrogens with one attached hydrogen (secondary N) is 1. The number of hydrogen-bond acceptors (Lipinski definition) is 5. The predicted molar refractivity (Wildman–Crippen MR) is 48.6 cm³/mol. The van der Waals surface area contributed by atoms with Gasteiger partial charge < -0.3 is 4.74 Å².